The summed E-state index contributed by atoms with van der Waals surface area (Å²) in [5.74, 6) is 0. The zero-order valence-corrected chi connectivity index (χ0v) is 7.36. The molecule has 2 unspecified atom stereocenters. The summed E-state index contributed by atoms with van der Waals surface area (Å²) >= 11 is 0. The Labute approximate surface area is 67.8 Å². The summed E-state index contributed by atoms with van der Waals surface area (Å²) in [5, 5.41) is 9.95. The standard InChI is InChI=1S/C8H15N3/c1-4-5-6-8-7(2)11(3)10-9-8/h5-8H,4H2,1-3H3/b6-5-. The molecule has 0 N–H and O–H groups in total. The van der Waals surface area contributed by atoms with Crippen molar-refractivity contribution in [2.75, 3.05) is 7.05 Å². The van der Waals surface area contributed by atoms with Gasteiger partial charge in [-0.25, -0.2) is 0 Å². The highest BCUT2D eigenvalue weighted by atomic mass is 15.6. The Morgan fingerprint density at radius 3 is 2.73 bits per heavy atom. The maximum absolute atomic E-state index is 4.10. The van der Waals surface area contributed by atoms with Crippen LogP contribution in [0.4, 0.5) is 0 Å². The highest BCUT2D eigenvalue weighted by Gasteiger charge is 2.22. The van der Waals surface area contributed by atoms with Gasteiger partial charge in [0.15, 0.2) is 0 Å². The summed E-state index contributed by atoms with van der Waals surface area (Å²) in [6, 6.07) is 0.678. The predicted octanol–water partition coefficient (Wildman–Crippen LogP) is 2.02. The molecule has 0 radical (unpaired) electrons. The van der Waals surface area contributed by atoms with Crippen LogP contribution in [-0.2, 0) is 0 Å². The molecule has 0 fully saturated rings. The first-order chi connectivity index (χ1) is 5.25. The van der Waals surface area contributed by atoms with Crippen molar-refractivity contribution in [2.45, 2.75) is 32.4 Å². The Kier molecular flexibility index (Phi) is 2.63. The summed E-state index contributed by atoms with van der Waals surface area (Å²) in [7, 11) is 1.95. The molecule has 3 heteroatoms. The van der Waals surface area contributed by atoms with Crippen LogP contribution in [0.15, 0.2) is 22.5 Å². The average molecular weight is 153 g/mol. The molecule has 0 aromatic carbocycles. The van der Waals surface area contributed by atoms with E-state index in [4.69, 9.17) is 0 Å². The number of hydrogen-bond donors (Lipinski definition) is 0. The van der Waals surface area contributed by atoms with Crippen LogP contribution in [0.3, 0.4) is 0 Å². The lowest BCUT2D eigenvalue weighted by Gasteiger charge is -2.14. The molecule has 0 saturated carbocycles. The van der Waals surface area contributed by atoms with E-state index in [0.29, 0.717) is 6.04 Å². The topological polar surface area (TPSA) is 28.0 Å². The van der Waals surface area contributed by atoms with Gasteiger partial charge >= 0.3 is 0 Å². The fraction of sp³-hybridized carbons (Fsp3) is 0.750. The fourth-order valence-electron chi connectivity index (χ4n) is 1.01. The van der Waals surface area contributed by atoms with Crippen LogP contribution >= 0.6 is 0 Å². The van der Waals surface area contributed by atoms with Gasteiger partial charge in [-0.1, -0.05) is 24.3 Å². The minimum absolute atomic E-state index is 0.264. The zero-order valence-electron chi connectivity index (χ0n) is 7.36. The molecule has 0 aromatic rings. The Hall–Kier alpha value is -0.860. The van der Waals surface area contributed by atoms with Gasteiger partial charge in [0, 0.05) is 7.05 Å². The summed E-state index contributed by atoms with van der Waals surface area (Å²) in [5.41, 5.74) is 0. The van der Waals surface area contributed by atoms with E-state index in [2.05, 4.69) is 36.3 Å². The minimum Gasteiger partial charge on any atom is -0.277 e. The average Bonchev–Trinajstić information content (AvgIpc) is 2.31. The van der Waals surface area contributed by atoms with Gasteiger partial charge in [-0.3, -0.25) is 5.01 Å². The first kappa shape index (κ1) is 8.24. The van der Waals surface area contributed by atoms with Gasteiger partial charge < -0.3 is 0 Å². The third kappa shape index (κ3) is 1.79. The van der Waals surface area contributed by atoms with Gasteiger partial charge in [-0.15, -0.1) is 0 Å². The molecule has 62 valence electrons. The highest BCUT2D eigenvalue weighted by Crippen LogP contribution is 2.15. The van der Waals surface area contributed by atoms with Crippen molar-refractivity contribution in [1.29, 1.82) is 0 Å². The van der Waals surface area contributed by atoms with E-state index in [1.165, 1.54) is 0 Å². The van der Waals surface area contributed by atoms with Gasteiger partial charge in [-0.2, -0.15) is 5.11 Å². The van der Waals surface area contributed by atoms with E-state index in [1.807, 2.05) is 12.1 Å². The largest absolute Gasteiger partial charge is 0.277 e. The Morgan fingerprint density at radius 2 is 2.27 bits per heavy atom. The van der Waals surface area contributed by atoms with Crippen LogP contribution in [0.5, 0.6) is 0 Å². The molecule has 0 saturated heterocycles. The van der Waals surface area contributed by atoms with Gasteiger partial charge in [0.25, 0.3) is 0 Å². The maximum atomic E-state index is 4.10. The van der Waals surface area contributed by atoms with Crippen molar-refractivity contribution in [1.82, 2.24) is 5.01 Å². The second-order valence-electron chi connectivity index (χ2n) is 2.85. The van der Waals surface area contributed by atoms with E-state index in [9.17, 15) is 0 Å². The Morgan fingerprint density at radius 1 is 1.55 bits per heavy atom. The number of allylic oxidation sites excluding steroid dienone is 1. The van der Waals surface area contributed by atoms with Crippen LogP contribution < -0.4 is 0 Å². The summed E-state index contributed by atoms with van der Waals surface area (Å²) < 4.78 is 0. The van der Waals surface area contributed by atoms with E-state index >= 15 is 0 Å². The van der Waals surface area contributed by atoms with Crippen LogP contribution in [0.2, 0.25) is 0 Å². The van der Waals surface area contributed by atoms with Crippen molar-refractivity contribution >= 4 is 0 Å². The van der Waals surface area contributed by atoms with E-state index in [0.717, 1.165) is 6.42 Å². The summed E-state index contributed by atoms with van der Waals surface area (Å²) in [6.45, 7) is 4.25. The molecule has 1 aliphatic rings. The second-order valence-corrected chi connectivity index (χ2v) is 2.85. The van der Waals surface area contributed by atoms with Gasteiger partial charge in [0.1, 0.15) is 6.04 Å². The predicted molar refractivity (Wildman–Crippen MR) is 45.3 cm³/mol. The van der Waals surface area contributed by atoms with E-state index < -0.39 is 0 Å². The molecular weight excluding hydrogens is 138 g/mol. The number of rotatable bonds is 2. The lowest BCUT2D eigenvalue weighted by Crippen LogP contribution is -2.27. The molecule has 1 aliphatic heterocycles. The first-order valence-electron chi connectivity index (χ1n) is 4.06. The molecule has 0 aliphatic carbocycles. The molecule has 1 rings (SSSR count). The van der Waals surface area contributed by atoms with Crippen molar-refractivity contribution in [2.24, 2.45) is 10.3 Å². The quantitative estimate of drug-likeness (QED) is 0.558. The number of hydrogen-bond acceptors (Lipinski definition) is 3. The monoisotopic (exact) mass is 153 g/mol. The van der Waals surface area contributed by atoms with E-state index in [1.54, 1.807) is 0 Å². The zero-order chi connectivity index (χ0) is 8.27. The molecular formula is C8H15N3. The maximum Gasteiger partial charge on any atom is 0.113 e. The highest BCUT2D eigenvalue weighted by molar-refractivity contribution is 4.99. The van der Waals surface area contributed by atoms with Crippen molar-refractivity contribution in [3.05, 3.63) is 12.2 Å². The summed E-state index contributed by atoms with van der Waals surface area (Å²) in [4.78, 5) is 0. The van der Waals surface area contributed by atoms with Gasteiger partial charge in [0.2, 0.25) is 0 Å². The Balaban J connectivity index is 2.49. The van der Waals surface area contributed by atoms with Crippen LogP contribution in [0.1, 0.15) is 20.3 Å². The SMILES string of the molecule is CC/C=C\C1N=NN(C)C1C. The third-order valence-corrected chi connectivity index (χ3v) is 1.98. The van der Waals surface area contributed by atoms with Crippen LogP contribution in [0, 0.1) is 0 Å². The molecule has 0 spiro atoms. The first-order valence-corrected chi connectivity index (χ1v) is 4.06. The Bertz CT molecular complexity index is 174. The van der Waals surface area contributed by atoms with E-state index in [-0.39, 0.29) is 6.04 Å². The molecule has 0 aromatic heterocycles. The fourth-order valence-corrected chi connectivity index (χ4v) is 1.01. The molecule has 0 amide bonds. The smallest absolute Gasteiger partial charge is 0.113 e. The van der Waals surface area contributed by atoms with Crippen LogP contribution in [-0.4, -0.2) is 24.1 Å². The number of nitrogens with zero attached hydrogens (tertiary/aromatic N) is 3. The lowest BCUT2D eigenvalue weighted by molar-refractivity contribution is 0.298. The minimum atomic E-state index is 0.264. The van der Waals surface area contributed by atoms with Crippen molar-refractivity contribution in [3.63, 3.8) is 0 Å². The van der Waals surface area contributed by atoms with Crippen LogP contribution in [0.25, 0.3) is 0 Å². The molecule has 3 nitrogen and oxygen atoms in total. The normalized spacial score (nSPS) is 30.6. The lowest BCUT2D eigenvalue weighted by atomic mass is 10.1. The van der Waals surface area contributed by atoms with Crippen molar-refractivity contribution in [3.8, 4) is 0 Å². The second kappa shape index (κ2) is 3.51. The third-order valence-electron chi connectivity index (χ3n) is 1.98. The number of likely N-dealkylation sites (N-methyl/N-ethyl adjacent to an activating group) is 1. The summed E-state index contributed by atoms with van der Waals surface area (Å²) in [6.07, 6.45) is 5.33. The van der Waals surface area contributed by atoms with Crippen molar-refractivity contribution < 1.29 is 0 Å². The van der Waals surface area contributed by atoms with Gasteiger partial charge in [-0.05, 0) is 13.3 Å². The molecule has 1 heterocycles. The molecule has 0 bridgehead atoms. The molecule has 2 atom stereocenters. The molecule has 11 heavy (non-hydrogen) atoms. The van der Waals surface area contributed by atoms with Gasteiger partial charge in [0.05, 0.1) is 6.04 Å².